The molecule has 0 fully saturated rings. The molecule has 0 aromatic heterocycles. The Hall–Kier alpha value is -2.99. The van der Waals surface area contributed by atoms with Crippen molar-refractivity contribution in [3.8, 4) is 5.75 Å². The van der Waals surface area contributed by atoms with Gasteiger partial charge in [0, 0.05) is 0 Å². The zero-order valence-electron chi connectivity index (χ0n) is 15.9. The number of aliphatic imine (C=N–C) groups is 1. The van der Waals surface area contributed by atoms with E-state index in [0.29, 0.717) is 15.6 Å². The van der Waals surface area contributed by atoms with E-state index < -0.39 is 5.97 Å². The average molecular weight is 395 g/mol. The third-order valence-electron chi connectivity index (χ3n) is 4.05. The van der Waals surface area contributed by atoms with Crippen LogP contribution in [0, 0.1) is 6.92 Å². The number of esters is 1. The molecule has 144 valence electrons. The monoisotopic (exact) mass is 395 g/mol. The number of methoxy groups -OCH3 is 1. The number of benzene rings is 2. The fourth-order valence-electron chi connectivity index (χ4n) is 2.58. The number of aryl methyl sites for hydroxylation is 1. The van der Waals surface area contributed by atoms with Crippen LogP contribution in [0.1, 0.15) is 18.1 Å². The third-order valence-corrected chi connectivity index (χ3v) is 5.07. The smallest absolute Gasteiger partial charge is 0.344 e. The molecule has 1 heterocycles. The van der Waals surface area contributed by atoms with Crippen molar-refractivity contribution in [2.24, 2.45) is 4.99 Å². The van der Waals surface area contributed by atoms with Gasteiger partial charge in [0.05, 0.1) is 24.3 Å². The summed E-state index contributed by atoms with van der Waals surface area (Å²) >= 11 is 1.24. The maximum Gasteiger partial charge on any atom is 0.344 e. The van der Waals surface area contributed by atoms with Gasteiger partial charge in [0.2, 0.25) is 0 Å². The molecular formula is C22H21NO4S. The second kappa shape index (κ2) is 8.80. The SMILES string of the molecule is CCOC(=O)C1=C(O)C(=Cc2ccc(OC)cc2)SC1=Nc1ccc(C)cc1. The first kappa shape index (κ1) is 19.8. The van der Waals surface area contributed by atoms with Crippen molar-refractivity contribution in [1.82, 2.24) is 0 Å². The zero-order valence-corrected chi connectivity index (χ0v) is 16.7. The molecule has 2 aromatic rings. The minimum Gasteiger partial charge on any atom is -0.506 e. The molecule has 0 unspecified atom stereocenters. The van der Waals surface area contributed by atoms with E-state index in [1.807, 2.05) is 55.5 Å². The van der Waals surface area contributed by atoms with E-state index in [1.165, 1.54) is 11.8 Å². The Bertz CT molecular complexity index is 957. The molecule has 1 aliphatic heterocycles. The van der Waals surface area contributed by atoms with Gasteiger partial charge in [-0.3, -0.25) is 0 Å². The van der Waals surface area contributed by atoms with Crippen LogP contribution in [0.5, 0.6) is 5.75 Å². The van der Waals surface area contributed by atoms with Gasteiger partial charge in [-0.05, 0) is 49.8 Å². The van der Waals surface area contributed by atoms with Crippen molar-refractivity contribution in [3.63, 3.8) is 0 Å². The van der Waals surface area contributed by atoms with Crippen LogP contribution in [0.2, 0.25) is 0 Å². The van der Waals surface area contributed by atoms with E-state index in [0.717, 1.165) is 16.9 Å². The Morgan fingerprint density at radius 2 is 1.82 bits per heavy atom. The molecule has 0 atom stereocenters. The Morgan fingerprint density at radius 1 is 1.14 bits per heavy atom. The molecule has 0 spiro atoms. The molecular weight excluding hydrogens is 374 g/mol. The lowest BCUT2D eigenvalue weighted by Gasteiger charge is -2.04. The van der Waals surface area contributed by atoms with Crippen LogP contribution in [0.25, 0.3) is 6.08 Å². The van der Waals surface area contributed by atoms with Gasteiger partial charge in [0.1, 0.15) is 22.1 Å². The topological polar surface area (TPSA) is 68.1 Å². The number of hydrogen-bond donors (Lipinski definition) is 1. The van der Waals surface area contributed by atoms with Gasteiger partial charge in [0.25, 0.3) is 0 Å². The van der Waals surface area contributed by atoms with Gasteiger partial charge >= 0.3 is 5.97 Å². The minimum atomic E-state index is -0.587. The van der Waals surface area contributed by atoms with Gasteiger partial charge < -0.3 is 14.6 Å². The fraction of sp³-hybridized carbons (Fsp3) is 0.182. The summed E-state index contributed by atoms with van der Waals surface area (Å²) in [5.74, 6) is 0.0384. The highest BCUT2D eigenvalue weighted by Gasteiger charge is 2.33. The number of rotatable bonds is 5. The number of carbonyl (C=O) groups excluding carboxylic acids is 1. The highest BCUT2D eigenvalue weighted by Crippen LogP contribution is 2.40. The standard InChI is InChI=1S/C22H21NO4S/c1-4-27-22(25)19-20(24)18(13-15-7-11-17(26-3)12-8-15)28-21(19)23-16-9-5-14(2)6-10-16/h5-13,24H,4H2,1-3H3. The number of thioether (sulfide) groups is 1. The van der Waals surface area contributed by atoms with E-state index in [9.17, 15) is 9.90 Å². The quantitative estimate of drug-likeness (QED) is 0.705. The van der Waals surface area contributed by atoms with E-state index in [1.54, 1.807) is 20.1 Å². The Balaban J connectivity index is 2.00. The van der Waals surface area contributed by atoms with E-state index >= 15 is 0 Å². The van der Waals surface area contributed by atoms with Gasteiger partial charge in [-0.25, -0.2) is 9.79 Å². The van der Waals surface area contributed by atoms with Crippen LogP contribution >= 0.6 is 11.8 Å². The van der Waals surface area contributed by atoms with Crippen molar-refractivity contribution in [2.45, 2.75) is 13.8 Å². The maximum atomic E-state index is 12.4. The first-order chi connectivity index (χ1) is 13.5. The number of aliphatic hydroxyl groups excluding tert-OH is 1. The fourth-order valence-corrected chi connectivity index (χ4v) is 3.62. The van der Waals surface area contributed by atoms with Crippen LogP contribution in [0.3, 0.4) is 0 Å². The highest BCUT2D eigenvalue weighted by molar-refractivity contribution is 8.18. The number of hydrogen-bond acceptors (Lipinski definition) is 6. The number of ether oxygens (including phenoxy) is 2. The van der Waals surface area contributed by atoms with Gasteiger partial charge in [0.15, 0.2) is 0 Å². The molecule has 3 rings (SSSR count). The molecule has 28 heavy (non-hydrogen) atoms. The zero-order chi connectivity index (χ0) is 20.1. The molecule has 1 N–H and O–H groups in total. The van der Waals surface area contributed by atoms with Gasteiger partial charge in [-0.1, -0.05) is 41.6 Å². The lowest BCUT2D eigenvalue weighted by atomic mass is 10.1. The van der Waals surface area contributed by atoms with Gasteiger partial charge in [-0.15, -0.1) is 0 Å². The van der Waals surface area contributed by atoms with Crippen molar-refractivity contribution >= 4 is 34.5 Å². The lowest BCUT2D eigenvalue weighted by Crippen LogP contribution is -2.12. The first-order valence-corrected chi connectivity index (χ1v) is 9.63. The molecule has 5 nitrogen and oxygen atoms in total. The van der Waals surface area contributed by atoms with Crippen molar-refractivity contribution in [3.05, 3.63) is 75.9 Å². The van der Waals surface area contributed by atoms with E-state index in [2.05, 4.69) is 4.99 Å². The lowest BCUT2D eigenvalue weighted by molar-refractivity contribution is -0.138. The Labute approximate surface area is 168 Å². The number of carbonyl (C=O) groups is 1. The maximum absolute atomic E-state index is 12.4. The summed E-state index contributed by atoms with van der Waals surface area (Å²) in [4.78, 5) is 17.5. The molecule has 0 aliphatic carbocycles. The summed E-state index contributed by atoms with van der Waals surface area (Å²) in [6.45, 7) is 3.94. The summed E-state index contributed by atoms with van der Waals surface area (Å²) in [5, 5.41) is 11.1. The van der Waals surface area contributed by atoms with Crippen LogP contribution < -0.4 is 4.74 Å². The Kier molecular flexibility index (Phi) is 6.21. The molecule has 2 aromatic carbocycles. The molecule has 0 saturated carbocycles. The second-order valence-electron chi connectivity index (χ2n) is 6.08. The second-order valence-corrected chi connectivity index (χ2v) is 7.11. The van der Waals surface area contributed by atoms with Crippen LogP contribution in [0.4, 0.5) is 5.69 Å². The molecule has 0 bridgehead atoms. The molecule has 1 aliphatic rings. The van der Waals surface area contributed by atoms with Gasteiger partial charge in [-0.2, -0.15) is 0 Å². The van der Waals surface area contributed by atoms with Crippen molar-refractivity contribution in [1.29, 1.82) is 0 Å². The van der Waals surface area contributed by atoms with Crippen molar-refractivity contribution < 1.29 is 19.4 Å². The minimum absolute atomic E-state index is 0.0900. The molecule has 6 heteroatoms. The van der Waals surface area contributed by atoms with E-state index in [4.69, 9.17) is 9.47 Å². The largest absolute Gasteiger partial charge is 0.506 e. The summed E-state index contributed by atoms with van der Waals surface area (Å²) in [7, 11) is 1.61. The Morgan fingerprint density at radius 3 is 2.43 bits per heavy atom. The number of aliphatic hydroxyl groups is 1. The summed E-state index contributed by atoms with van der Waals surface area (Å²) in [5.41, 5.74) is 2.78. The van der Waals surface area contributed by atoms with Crippen molar-refractivity contribution in [2.75, 3.05) is 13.7 Å². The van der Waals surface area contributed by atoms with Crippen LogP contribution in [0.15, 0.2) is 69.8 Å². The normalized spacial score (nSPS) is 16.7. The third kappa shape index (κ3) is 4.46. The first-order valence-electron chi connectivity index (χ1n) is 8.82. The molecule has 0 amide bonds. The van der Waals surface area contributed by atoms with Crippen LogP contribution in [-0.2, 0) is 9.53 Å². The average Bonchev–Trinajstić information content (AvgIpc) is 2.99. The molecule has 0 saturated heterocycles. The summed E-state index contributed by atoms with van der Waals surface area (Å²) in [6.07, 6.45) is 1.80. The molecule has 0 radical (unpaired) electrons. The predicted octanol–water partition coefficient (Wildman–Crippen LogP) is 5.20. The highest BCUT2D eigenvalue weighted by atomic mass is 32.2. The summed E-state index contributed by atoms with van der Waals surface area (Å²) < 4.78 is 10.3. The number of nitrogens with zero attached hydrogens (tertiary/aromatic N) is 1. The summed E-state index contributed by atoms with van der Waals surface area (Å²) in [6, 6.07) is 15.0. The van der Waals surface area contributed by atoms with E-state index in [-0.39, 0.29) is 17.9 Å². The van der Waals surface area contributed by atoms with Crippen LogP contribution in [-0.4, -0.2) is 29.8 Å². The predicted molar refractivity (Wildman–Crippen MR) is 113 cm³/mol.